The number of fused-ring (bicyclic) bond motifs is 1. The number of nitrogen functional groups attached to an aromatic ring is 1. The maximum atomic E-state index is 6.10. The first kappa shape index (κ1) is 13.7. The van der Waals surface area contributed by atoms with Gasteiger partial charge in [0.1, 0.15) is 5.82 Å². The van der Waals surface area contributed by atoms with Crippen molar-refractivity contribution in [2.75, 3.05) is 30.7 Å². The number of hydrogen-bond acceptors (Lipinski definition) is 6. The smallest absolute Gasteiger partial charge is 0.226 e. The Morgan fingerprint density at radius 1 is 1.27 bits per heavy atom. The van der Waals surface area contributed by atoms with Crippen molar-refractivity contribution in [2.45, 2.75) is 26.7 Å². The molecular weight excluding hydrogens is 276 g/mol. The first-order valence-electron chi connectivity index (χ1n) is 7.91. The number of hydrogen-bond donors (Lipinski definition) is 3. The van der Waals surface area contributed by atoms with Crippen LogP contribution in [0.15, 0.2) is 6.07 Å². The topological polar surface area (TPSA) is 88.8 Å². The Morgan fingerprint density at radius 3 is 2.73 bits per heavy atom. The van der Waals surface area contributed by atoms with Gasteiger partial charge >= 0.3 is 0 Å². The standard InChI is InChI=1S/C16H22N6/c1-9-3-10(2)20-14-12(9)13(17)21-15(22-14)19-6-11-4-16(5-11)7-18-8-16/h3,11,18H,4-8H2,1-2H3,(H3,17,19,20,21,22). The van der Waals surface area contributed by atoms with Crippen LogP contribution in [0, 0.1) is 25.2 Å². The molecule has 0 bridgehead atoms. The van der Waals surface area contributed by atoms with E-state index in [9.17, 15) is 0 Å². The fourth-order valence-electron chi connectivity index (χ4n) is 3.90. The van der Waals surface area contributed by atoms with E-state index in [1.807, 2.05) is 19.9 Å². The van der Waals surface area contributed by atoms with Crippen molar-refractivity contribution in [3.8, 4) is 0 Å². The molecule has 1 aliphatic carbocycles. The van der Waals surface area contributed by atoms with Crippen molar-refractivity contribution < 1.29 is 0 Å². The van der Waals surface area contributed by atoms with Gasteiger partial charge in [-0.3, -0.25) is 0 Å². The van der Waals surface area contributed by atoms with E-state index >= 15 is 0 Å². The molecule has 4 N–H and O–H groups in total. The lowest BCUT2D eigenvalue weighted by molar-refractivity contribution is 0.00673. The number of anilines is 2. The van der Waals surface area contributed by atoms with Crippen molar-refractivity contribution in [1.82, 2.24) is 20.3 Å². The third-order valence-electron chi connectivity index (χ3n) is 5.01. The minimum absolute atomic E-state index is 0.505. The Morgan fingerprint density at radius 2 is 2.05 bits per heavy atom. The van der Waals surface area contributed by atoms with Crippen LogP contribution in [0.2, 0.25) is 0 Å². The Kier molecular flexibility index (Phi) is 2.97. The number of nitrogens with one attached hydrogen (secondary N) is 2. The van der Waals surface area contributed by atoms with E-state index in [0.29, 0.717) is 22.8 Å². The quantitative estimate of drug-likeness (QED) is 0.798. The molecule has 2 aromatic rings. The summed E-state index contributed by atoms with van der Waals surface area (Å²) in [6.07, 6.45) is 2.60. The van der Waals surface area contributed by atoms with E-state index in [2.05, 4.69) is 25.6 Å². The summed E-state index contributed by atoms with van der Waals surface area (Å²) in [5.74, 6) is 1.82. The number of pyridine rings is 1. The van der Waals surface area contributed by atoms with Crippen molar-refractivity contribution >= 4 is 22.8 Å². The van der Waals surface area contributed by atoms with Gasteiger partial charge < -0.3 is 16.4 Å². The van der Waals surface area contributed by atoms with Crippen molar-refractivity contribution in [1.29, 1.82) is 0 Å². The molecule has 1 spiro atoms. The van der Waals surface area contributed by atoms with Gasteiger partial charge in [-0.15, -0.1) is 0 Å². The van der Waals surface area contributed by atoms with E-state index in [1.165, 1.54) is 25.9 Å². The Bertz CT molecular complexity index is 729. The molecule has 22 heavy (non-hydrogen) atoms. The maximum Gasteiger partial charge on any atom is 0.226 e. The molecule has 116 valence electrons. The second kappa shape index (κ2) is 4.78. The Balaban J connectivity index is 1.50. The molecule has 1 aliphatic heterocycles. The fourth-order valence-corrected chi connectivity index (χ4v) is 3.90. The molecule has 4 rings (SSSR count). The zero-order chi connectivity index (χ0) is 15.3. The summed E-state index contributed by atoms with van der Waals surface area (Å²) in [5, 5.41) is 7.57. The lowest BCUT2D eigenvalue weighted by Gasteiger charge is -2.54. The molecule has 0 unspecified atom stereocenters. The van der Waals surface area contributed by atoms with E-state index < -0.39 is 0 Å². The van der Waals surface area contributed by atoms with Crippen LogP contribution in [-0.2, 0) is 0 Å². The largest absolute Gasteiger partial charge is 0.383 e. The zero-order valence-electron chi connectivity index (χ0n) is 13.1. The van der Waals surface area contributed by atoms with E-state index in [0.717, 1.165) is 29.1 Å². The van der Waals surface area contributed by atoms with Gasteiger partial charge in [0, 0.05) is 25.3 Å². The predicted molar refractivity (Wildman–Crippen MR) is 87.7 cm³/mol. The average Bonchev–Trinajstić information content (AvgIpc) is 2.33. The highest BCUT2D eigenvalue weighted by Crippen LogP contribution is 2.48. The van der Waals surface area contributed by atoms with Crippen LogP contribution in [0.3, 0.4) is 0 Å². The summed E-state index contributed by atoms with van der Waals surface area (Å²) in [6, 6.07) is 2.01. The van der Waals surface area contributed by atoms with Gasteiger partial charge in [0.15, 0.2) is 5.65 Å². The fraction of sp³-hybridized carbons (Fsp3) is 0.562. The SMILES string of the molecule is Cc1cc(C)c2c(N)nc(NCC3CC4(CNC4)C3)nc2n1. The number of nitrogens with two attached hydrogens (primary N) is 1. The summed E-state index contributed by atoms with van der Waals surface area (Å²) in [6.45, 7) is 7.27. The number of nitrogens with zero attached hydrogens (tertiary/aromatic N) is 3. The Hall–Kier alpha value is -1.95. The molecule has 6 heteroatoms. The monoisotopic (exact) mass is 298 g/mol. The molecule has 2 fully saturated rings. The number of aryl methyl sites for hydroxylation is 2. The molecule has 0 amide bonds. The zero-order valence-corrected chi connectivity index (χ0v) is 13.1. The third kappa shape index (κ3) is 2.18. The Labute approximate surface area is 129 Å². The van der Waals surface area contributed by atoms with Crippen LogP contribution < -0.4 is 16.4 Å². The molecule has 2 aromatic heterocycles. The summed E-state index contributed by atoms with van der Waals surface area (Å²) in [5.41, 5.74) is 9.40. The van der Waals surface area contributed by atoms with Gasteiger partial charge in [-0.05, 0) is 49.7 Å². The first-order chi connectivity index (χ1) is 10.5. The second-order valence-electron chi connectivity index (χ2n) is 6.97. The molecule has 2 aliphatic rings. The van der Waals surface area contributed by atoms with Gasteiger partial charge in [-0.1, -0.05) is 0 Å². The summed E-state index contributed by atoms with van der Waals surface area (Å²) < 4.78 is 0. The molecule has 6 nitrogen and oxygen atoms in total. The number of rotatable bonds is 3. The average molecular weight is 298 g/mol. The van der Waals surface area contributed by atoms with Crippen LogP contribution in [0.1, 0.15) is 24.1 Å². The summed E-state index contributed by atoms with van der Waals surface area (Å²) in [4.78, 5) is 13.4. The van der Waals surface area contributed by atoms with Crippen LogP contribution in [0.4, 0.5) is 11.8 Å². The second-order valence-corrected chi connectivity index (χ2v) is 6.97. The molecule has 0 radical (unpaired) electrons. The van der Waals surface area contributed by atoms with Crippen LogP contribution in [0.25, 0.3) is 11.0 Å². The third-order valence-corrected chi connectivity index (χ3v) is 5.01. The number of aromatic nitrogens is 3. The molecule has 1 saturated heterocycles. The molecular formula is C16H22N6. The van der Waals surface area contributed by atoms with Crippen molar-refractivity contribution in [3.05, 3.63) is 17.3 Å². The molecule has 3 heterocycles. The van der Waals surface area contributed by atoms with Gasteiger partial charge in [0.2, 0.25) is 5.95 Å². The lowest BCUT2D eigenvalue weighted by atomic mass is 9.58. The van der Waals surface area contributed by atoms with Gasteiger partial charge in [-0.2, -0.15) is 9.97 Å². The maximum absolute atomic E-state index is 6.10. The van der Waals surface area contributed by atoms with Crippen molar-refractivity contribution in [3.63, 3.8) is 0 Å². The van der Waals surface area contributed by atoms with Gasteiger partial charge in [0.05, 0.1) is 5.39 Å². The van der Waals surface area contributed by atoms with E-state index in [4.69, 9.17) is 5.73 Å². The van der Waals surface area contributed by atoms with E-state index in [1.54, 1.807) is 0 Å². The summed E-state index contributed by atoms with van der Waals surface area (Å²) >= 11 is 0. The minimum atomic E-state index is 0.505. The highest BCUT2D eigenvalue weighted by molar-refractivity contribution is 5.89. The van der Waals surface area contributed by atoms with Crippen LogP contribution in [0.5, 0.6) is 0 Å². The van der Waals surface area contributed by atoms with Crippen LogP contribution >= 0.6 is 0 Å². The highest BCUT2D eigenvalue weighted by Gasteiger charge is 2.47. The molecule has 0 aromatic carbocycles. The summed E-state index contributed by atoms with van der Waals surface area (Å²) in [7, 11) is 0. The highest BCUT2D eigenvalue weighted by atomic mass is 15.1. The van der Waals surface area contributed by atoms with E-state index in [-0.39, 0.29) is 0 Å². The minimum Gasteiger partial charge on any atom is -0.383 e. The molecule has 1 saturated carbocycles. The lowest BCUT2D eigenvalue weighted by Crippen LogP contribution is -2.61. The first-order valence-corrected chi connectivity index (χ1v) is 7.91. The molecule has 0 atom stereocenters. The van der Waals surface area contributed by atoms with Gasteiger partial charge in [-0.25, -0.2) is 4.98 Å². The predicted octanol–water partition coefficient (Wildman–Crippen LogP) is 1.64. The van der Waals surface area contributed by atoms with Crippen molar-refractivity contribution in [2.24, 2.45) is 11.3 Å². The van der Waals surface area contributed by atoms with Gasteiger partial charge in [0.25, 0.3) is 0 Å². The normalized spacial score (nSPS) is 19.9. The van der Waals surface area contributed by atoms with Crippen LogP contribution in [-0.4, -0.2) is 34.6 Å².